The van der Waals surface area contributed by atoms with E-state index in [-0.39, 0.29) is 0 Å². The molecule has 0 aromatic rings. The maximum Gasteiger partial charge on any atom is 0.0875 e. The highest BCUT2D eigenvalue weighted by molar-refractivity contribution is 5.14. The molecule has 0 spiro atoms. The number of fused-ring (bicyclic) bond motifs is 7. The van der Waals surface area contributed by atoms with E-state index >= 15 is 0 Å². The molecule has 0 aromatic heterocycles. The Balaban J connectivity index is 1.40. The first-order valence-corrected chi connectivity index (χ1v) is 7.15. The van der Waals surface area contributed by atoms with Gasteiger partial charge in [0.05, 0.1) is 18.3 Å². The van der Waals surface area contributed by atoms with Crippen LogP contribution in [0.1, 0.15) is 39.0 Å². The second-order valence-electron chi connectivity index (χ2n) is 6.27. The molecule has 1 saturated heterocycles. The average Bonchev–Trinajstić information content (AvgIpc) is 2.70. The van der Waals surface area contributed by atoms with E-state index < -0.39 is 0 Å². The lowest BCUT2D eigenvalue weighted by molar-refractivity contribution is -0.0224. The van der Waals surface area contributed by atoms with E-state index in [1.807, 2.05) is 0 Å². The lowest BCUT2D eigenvalue weighted by Gasteiger charge is -2.32. The van der Waals surface area contributed by atoms with E-state index in [9.17, 15) is 0 Å². The predicted molar refractivity (Wildman–Crippen MR) is 61.1 cm³/mol. The molecule has 16 heavy (non-hydrogen) atoms. The zero-order valence-corrected chi connectivity index (χ0v) is 10.1. The molecule has 3 saturated carbocycles. The van der Waals surface area contributed by atoms with Gasteiger partial charge in [-0.25, -0.2) is 0 Å². The van der Waals surface area contributed by atoms with Crippen molar-refractivity contribution in [2.75, 3.05) is 6.61 Å². The lowest BCUT2D eigenvalue weighted by atomic mass is 9.79. The molecule has 1 aliphatic heterocycles. The van der Waals surface area contributed by atoms with E-state index in [0.29, 0.717) is 18.3 Å². The van der Waals surface area contributed by atoms with Crippen molar-refractivity contribution < 1.29 is 9.47 Å². The molecule has 4 fully saturated rings. The molecule has 4 rings (SSSR count). The summed E-state index contributed by atoms with van der Waals surface area (Å²) in [5, 5.41) is 0. The zero-order chi connectivity index (χ0) is 10.7. The molecular weight excluding hydrogens is 200 g/mol. The average molecular weight is 222 g/mol. The van der Waals surface area contributed by atoms with Crippen LogP contribution in [0.5, 0.6) is 0 Å². The van der Waals surface area contributed by atoms with Gasteiger partial charge in [0.25, 0.3) is 0 Å². The summed E-state index contributed by atoms with van der Waals surface area (Å²) in [5.74, 6) is 3.73. The third kappa shape index (κ3) is 1.26. The van der Waals surface area contributed by atoms with Gasteiger partial charge in [-0.15, -0.1) is 0 Å². The third-order valence-electron chi connectivity index (χ3n) is 5.51. The Hall–Kier alpha value is -0.0800. The van der Waals surface area contributed by atoms with Crippen LogP contribution in [0.2, 0.25) is 0 Å². The highest BCUT2D eigenvalue weighted by atomic mass is 16.6. The van der Waals surface area contributed by atoms with Crippen LogP contribution >= 0.6 is 0 Å². The molecular formula is C14H22O2. The predicted octanol–water partition coefficient (Wildman–Crippen LogP) is 2.62. The van der Waals surface area contributed by atoms with Gasteiger partial charge in [-0.2, -0.15) is 0 Å². The zero-order valence-electron chi connectivity index (χ0n) is 10.1. The second-order valence-corrected chi connectivity index (χ2v) is 6.27. The quantitative estimate of drug-likeness (QED) is 0.539. The summed E-state index contributed by atoms with van der Waals surface area (Å²) < 4.78 is 11.8. The number of unbranched alkanes of at least 4 members (excludes halogenated alkanes) is 1. The van der Waals surface area contributed by atoms with Crippen molar-refractivity contribution in [3.8, 4) is 0 Å². The van der Waals surface area contributed by atoms with Gasteiger partial charge >= 0.3 is 0 Å². The number of hydrogen-bond acceptors (Lipinski definition) is 2. The number of ether oxygens (including phenoxy) is 2. The summed E-state index contributed by atoms with van der Waals surface area (Å²) >= 11 is 0. The Bertz CT molecular complexity index is 290. The minimum absolute atomic E-state index is 0.607. The van der Waals surface area contributed by atoms with Crippen molar-refractivity contribution in [3.63, 3.8) is 0 Å². The maximum absolute atomic E-state index is 6.09. The van der Waals surface area contributed by atoms with Crippen LogP contribution in [0.3, 0.4) is 0 Å². The van der Waals surface area contributed by atoms with Gasteiger partial charge in [0.1, 0.15) is 0 Å². The van der Waals surface area contributed by atoms with E-state index in [1.165, 1.54) is 32.1 Å². The monoisotopic (exact) mass is 222 g/mol. The summed E-state index contributed by atoms with van der Waals surface area (Å²) in [4.78, 5) is 0. The van der Waals surface area contributed by atoms with Crippen LogP contribution in [0.15, 0.2) is 0 Å². The van der Waals surface area contributed by atoms with E-state index in [2.05, 4.69) is 6.92 Å². The number of hydrogen-bond donors (Lipinski definition) is 0. The molecule has 0 amide bonds. The molecule has 7 unspecified atom stereocenters. The molecule has 7 atom stereocenters. The number of epoxide rings is 1. The van der Waals surface area contributed by atoms with Gasteiger partial charge in [0.2, 0.25) is 0 Å². The molecule has 1 heterocycles. The van der Waals surface area contributed by atoms with Crippen LogP contribution in [0.25, 0.3) is 0 Å². The molecule has 90 valence electrons. The summed E-state index contributed by atoms with van der Waals surface area (Å²) in [6, 6.07) is 0. The van der Waals surface area contributed by atoms with E-state index in [4.69, 9.17) is 9.47 Å². The Morgan fingerprint density at radius 2 is 2.12 bits per heavy atom. The summed E-state index contributed by atoms with van der Waals surface area (Å²) in [5.41, 5.74) is 0. The summed E-state index contributed by atoms with van der Waals surface area (Å²) in [6.07, 6.45) is 8.56. The fourth-order valence-electron chi connectivity index (χ4n) is 4.84. The molecule has 2 nitrogen and oxygen atoms in total. The topological polar surface area (TPSA) is 21.8 Å². The van der Waals surface area contributed by atoms with Crippen LogP contribution in [0, 0.1) is 23.7 Å². The third-order valence-corrected chi connectivity index (χ3v) is 5.51. The van der Waals surface area contributed by atoms with Gasteiger partial charge in [0.15, 0.2) is 0 Å². The van der Waals surface area contributed by atoms with Gasteiger partial charge < -0.3 is 9.47 Å². The highest BCUT2D eigenvalue weighted by Crippen LogP contribution is 2.64. The van der Waals surface area contributed by atoms with Crippen molar-refractivity contribution in [1.29, 1.82) is 0 Å². The van der Waals surface area contributed by atoms with Crippen molar-refractivity contribution in [1.82, 2.24) is 0 Å². The summed E-state index contributed by atoms with van der Waals surface area (Å²) in [7, 11) is 0. The first kappa shape index (κ1) is 9.90. The lowest BCUT2D eigenvalue weighted by Crippen LogP contribution is -2.33. The molecule has 3 aliphatic carbocycles. The normalized spacial score (nSPS) is 56.4. The maximum atomic E-state index is 6.09. The first-order valence-electron chi connectivity index (χ1n) is 7.15. The van der Waals surface area contributed by atoms with Crippen LogP contribution in [-0.2, 0) is 9.47 Å². The van der Waals surface area contributed by atoms with E-state index in [1.54, 1.807) is 0 Å². The van der Waals surface area contributed by atoms with Crippen molar-refractivity contribution in [2.45, 2.75) is 57.3 Å². The Morgan fingerprint density at radius 3 is 3.00 bits per heavy atom. The smallest absolute Gasteiger partial charge is 0.0875 e. The SMILES string of the molecule is CCCCOC1CC2CC1C1CC3OC3C21. The highest BCUT2D eigenvalue weighted by Gasteiger charge is 2.66. The summed E-state index contributed by atoms with van der Waals surface area (Å²) in [6.45, 7) is 3.23. The fraction of sp³-hybridized carbons (Fsp3) is 1.00. The van der Waals surface area contributed by atoms with E-state index in [0.717, 1.165) is 30.3 Å². The van der Waals surface area contributed by atoms with Crippen LogP contribution < -0.4 is 0 Å². The van der Waals surface area contributed by atoms with Gasteiger partial charge in [-0.3, -0.25) is 0 Å². The van der Waals surface area contributed by atoms with Crippen LogP contribution in [0.4, 0.5) is 0 Å². The molecule has 0 radical (unpaired) electrons. The van der Waals surface area contributed by atoms with Crippen LogP contribution in [-0.4, -0.2) is 24.9 Å². The van der Waals surface area contributed by atoms with Crippen molar-refractivity contribution >= 4 is 0 Å². The number of rotatable bonds is 4. The second kappa shape index (κ2) is 3.46. The minimum atomic E-state index is 0.607. The molecule has 0 N–H and O–H groups in total. The standard InChI is InChI=1S/C14H22O2/c1-2-3-4-15-11-6-8-5-9(11)10-7-12-14(16-12)13(8)10/h8-14H,2-7H2,1H3. The minimum Gasteiger partial charge on any atom is -0.378 e. The van der Waals surface area contributed by atoms with Crippen molar-refractivity contribution in [3.05, 3.63) is 0 Å². The first-order chi connectivity index (χ1) is 7.88. The largest absolute Gasteiger partial charge is 0.378 e. The molecule has 0 aromatic carbocycles. The van der Waals surface area contributed by atoms with Crippen molar-refractivity contribution in [2.24, 2.45) is 23.7 Å². The molecule has 2 heteroatoms. The molecule has 2 bridgehead atoms. The Kier molecular flexibility index (Phi) is 2.14. The fourth-order valence-corrected chi connectivity index (χ4v) is 4.84. The molecule has 4 aliphatic rings. The Labute approximate surface area is 97.7 Å². The Morgan fingerprint density at radius 1 is 1.19 bits per heavy atom. The van der Waals surface area contributed by atoms with Gasteiger partial charge in [-0.05, 0) is 49.4 Å². The van der Waals surface area contributed by atoms with Gasteiger partial charge in [-0.1, -0.05) is 13.3 Å². The van der Waals surface area contributed by atoms with Gasteiger partial charge in [0, 0.05) is 6.61 Å².